The topological polar surface area (TPSA) is 49.9 Å². The van der Waals surface area contributed by atoms with Gasteiger partial charge < -0.3 is 14.5 Å². The summed E-state index contributed by atoms with van der Waals surface area (Å²) in [5.41, 5.74) is 2.57. The zero-order valence-electron chi connectivity index (χ0n) is 15.5. The summed E-state index contributed by atoms with van der Waals surface area (Å²) < 4.78 is 18.5. The van der Waals surface area contributed by atoms with Gasteiger partial charge in [-0.3, -0.25) is 4.79 Å². The molecule has 0 unspecified atom stereocenters. The fourth-order valence-electron chi connectivity index (χ4n) is 2.30. The van der Waals surface area contributed by atoms with Crippen molar-refractivity contribution >= 4 is 17.6 Å². The van der Waals surface area contributed by atoms with Gasteiger partial charge in [-0.05, 0) is 42.3 Å². The van der Waals surface area contributed by atoms with Crippen LogP contribution >= 0.6 is 0 Å². The molecule has 2 rings (SSSR count). The molecule has 0 saturated carbocycles. The van der Waals surface area contributed by atoms with Gasteiger partial charge in [0.1, 0.15) is 5.82 Å². The summed E-state index contributed by atoms with van der Waals surface area (Å²) >= 11 is 0. The molecule has 0 heterocycles. The number of likely N-dealkylation sites (N-methyl/N-ethyl adjacent to an activating group) is 1. The van der Waals surface area contributed by atoms with Gasteiger partial charge in [0, 0.05) is 33.4 Å². The summed E-state index contributed by atoms with van der Waals surface area (Å²) in [6, 6.07) is 11.9. The van der Waals surface area contributed by atoms with E-state index >= 15 is 0 Å². The van der Waals surface area contributed by atoms with Crippen LogP contribution in [-0.4, -0.2) is 44.5 Å². The third-order valence-corrected chi connectivity index (χ3v) is 4.03. The summed E-state index contributed by atoms with van der Waals surface area (Å²) in [6.07, 6.45) is 0. The third-order valence-electron chi connectivity index (χ3n) is 4.03. The molecule has 0 spiro atoms. The minimum Gasteiger partial charge on any atom is -0.452 e. The van der Waals surface area contributed by atoms with Gasteiger partial charge in [-0.15, -0.1) is 0 Å². The van der Waals surface area contributed by atoms with Gasteiger partial charge in [0.2, 0.25) is 0 Å². The Kier molecular flexibility index (Phi) is 6.33. The van der Waals surface area contributed by atoms with Crippen molar-refractivity contribution in [2.75, 3.05) is 32.6 Å². The number of carbonyl (C=O) groups is 2. The molecule has 5 nitrogen and oxygen atoms in total. The number of amides is 1. The Labute approximate surface area is 153 Å². The van der Waals surface area contributed by atoms with E-state index in [0.717, 1.165) is 17.3 Å². The molecule has 0 aliphatic heterocycles. The molecule has 0 bridgehead atoms. The van der Waals surface area contributed by atoms with Crippen LogP contribution in [0, 0.1) is 12.7 Å². The number of aryl methyl sites for hydroxylation is 1. The van der Waals surface area contributed by atoms with Gasteiger partial charge >= 0.3 is 5.97 Å². The Morgan fingerprint density at radius 3 is 2.27 bits per heavy atom. The number of benzene rings is 2. The molecule has 0 radical (unpaired) electrons. The second-order valence-corrected chi connectivity index (χ2v) is 6.35. The number of carbonyl (C=O) groups excluding carboxylic acids is 2. The van der Waals surface area contributed by atoms with Gasteiger partial charge in [-0.1, -0.05) is 18.2 Å². The van der Waals surface area contributed by atoms with E-state index in [1.807, 2.05) is 43.3 Å². The van der Waals surface area contributed by atoms with Crippen LogP contribution in [0.3, 0.4) is 0 Å². The van der Waals surface area contributed by atoms with E-state index < -0.39 is 11.8 Å². The Balaban J connectivity index is 1.88. The molecule has 2 aromatic rings. The Bertz CT molecular complexity index is 788. The number of hydrogen-bond donors (Lipinski definition) is 0. The van der Waals surface area contributed by atoms with E-state index in [2.05, 4.69) is 0 Å². The first-order valence-corrected chi connectivity index (χ1v) is 8.21. The molecule has 0 aliphatic carbocycles. The maximum absolute atomic E-state index is 13.5. The van der Waals surface area contributed by atoms with Gasteiger partial charge in [-0.25, -0.2) is 9.18 Å². The lowest BCUT2D eigenvalue weighted by atomic mass is 10.1. The lowest BCUT2D eigenvalue weighted by molar-refractivity contribution is -0.133. The molecule has 0 aromatic heterocycles. The number of halogens is 1. The van der Waals surface area contributed by atoms with Crippen LogP contribution in [0.4, 0.5) is 10.1 Å². The zero-order chi connectivity index (χ0) is 19.3. The molecule has 2 aromatic carbocycles. The maximum Gasteiger partial charge on any atom is 0.338 e. The average molecular weight is 358 g/mol. The van der Waals surface area contributed by atoms with Crippen molar-refractivity contribution in [1.82, 2.24) is 4.90 Å². The molecule has 0 saturated heterocycles. The molecule has 26 heavy (non-hydrogen) atoms. The second kappa shape index (κ2) is 8.47. The zero-order valence-corrected chi connectivity index (χ0v) is 15.5. The predicted molar refractivity (Wildman–Crippen MR) is 98.7 cm³/mol. The standard InChI is InChI=1S/C20H23FN2O3/c1-14-5-8-16(11-18(14)21)20(25)26-13-19(24)23(4)12-15-6-9-17(10-7-15)22(2)3/h5-11H,12-13H2,1-4H3. The van der Waals surface area contributed by atoms with Crippen molar-refractivity contribution in [2.45, 2.75) is 13.5 Å². The van der Waals surface area contributed by atoms with Crippen LogP contribution in [0.5, 0.6) is 0 Å². The molecule has 1 amide bonds. The van der Waals surface area contributed by atoms with Crippen molar-refractivity contribution < 1.29 is 18.7 Å². The highest BCUT2D eigenvalue weighted by Crippen LogP contribution is 2.14. The highest BCUT2D eigenvalue weighted by molar-refractivity contribution is 5.91. The van der Waals surface area contributed by atoms with Crippen LogP contribution in [0.2, 0.25) is 0 Å². The van der Waals surface area contributed by atoms with E-state index in [1.54, 1.807) is 14.0 Å². The van der Waals surface area contributed by atoms with Crippen LogP contribution in [0.15, 0.2) is 42.5 Å². The fourth-order valence-corrected chi connectivity index (χ4v) is 2.30. The molecular formula is C20H23FN2O3. The quantitative estimate of drug-likeness (QED) is 0.745. The predicted octanol–water partition coefficient (Wildman–Crippen LogP) is 3.02. The van der Waals surface area contributed by atoms with Crippen molar-refractivity contribution in [1.29, 1.82) is 0 Å². The number of anilines is 1. The van der Waals surface area contributed by atoms with E-state index in [9.17, 15) is 14.0 Å². The Morgan fingerprint density at radius 1 is 1.04 bits per heavy atom. The van der Waals surface area contributed by atoms with Crippen molar-refractivity contribution in [3.63, 3.8) is 0 Å². The summed E-state index contributed by atoms with van der Waals surface area (Å²) in [4.78, 5) is 27.5. The third kappa shape index (κ3) is 5.05. The van der Waals surface area contributed by atoms with E-state index in [-0.39, 0.29) is 18.1 Å². The van der Waals surface area contributed by atoms with Crippen molar-refractivity contribution in [3.05, 3.63) is 65.0 Å². The van der Waals surface area contributed by atoms with Crippen LogP contribution < -0.4 is 4.90 Å². The first-order valence-electron chi connectivity index (χ1n) is 8.21. The lowest BCUT2D eigenvalue weighted by Gasteiger charge is -2.18. The molecule has 0 fully saturated rings. The molecule has 138 valence electrons. The minimum absolute atomic E-state index is 0.0860. The normalized spacial score (nSPS) is 10.3. The number of hydrogen-bond acceptors (Lipinski definition) is 4. The summed E-state index contributed by atoms with van der Waals surface area (Å²) in [7, 11) is 5.55. The maximum atomic E-state index is 13.5. The molecule has 6 heteroatoms. The number of nitrogens with zero attached hydrogens (tertiary/aromatic N) is 2. The monoisotopic (exact) mass is 358 g/mol. The average Bonchev–Trinajstić information content (AvgIpc) is 2.62. The van der Waals surface area contributed by atoms with E-state index in [0.29, 0.717) is 12.1 Å². The first-order chi connectivity index (χ1) is 12.3. The van der Waals surface area contributed by atoms with E-state index in [4.69, 9.17) is 4.74 Å². The van der Waals surface area contributed by atoms with E-state index in [1.165, 1.54) is 17.0 Å². The van der Waals surface area contributed by atoms with Crippen LogP contribution in [-0.2, 0) is 16.1 Å². The first kappa shape index (κ1) is 19.4. The fraction of sp³-hybridized carbons (Fsp3) is 0.300. The summed E-state index contributed by atoms with van der Waals surface area (Å²) in [5.74, 6) is -1.53. The van der Waals surface area contributed by atoms with Gasteiger partial charge in [0.25, 0.3) is 5.91 Å². The highest BCUT2D eigenvalue weighted by Gasteiger charge is 2.15. The van der Waals surface area contributed by atoms with Gasteiger partial charge in [0.05, 0.1) is 5.56 Å². The number of rotatable bonds is 6. The van der Waals surface area contributed by atoms with Crippen LogP contribution in [0.1, 0.15) is 21.5 Å². The highest BCUT2D eigenvalue weighted by atomic mass is 19.1. The molecule has 0 N–H and O–H groups in total. The minimum atomic E-state index is -0.721. The molecule has 0 atom stereocenters. The smallest absolute Gasteiger partial charge is 0.338 e. The summed E-state index contributed by atoms with van der Waals surface area (Å²) in [5, 5.41) is 0. The van der Waals surface area contributed by atoms with Crippen molar-refractivity contribution in [3.8, 4) is 0 Å². The number of esters is 1. The van der Waals surface area contributed by atoms with Crippen LogP contribution in [0.25, 0.3) is 0 Å². The molecular weight excluding hydrogens is 335 g/mol. The Morgan fingerprint density at radius 2 is 1.69 bits per heavy atom. The SMILES string of the molecule is Cc1ccc(C(=O)OCC(=O)N(C)Cc2ccc(N(C)C)cc2)cc1F. The Hall–Kier alpha value is -2.89. The number of ether oxygens (including phenoxy) is 1. The lowest BCUT2D eigenvalue weighted by Crippen LogP contribution is -2.30. The largest absolute Gasteiger partial charge is 0.452 e. The summed E-state index contributed by atoms with van der Waals surface area (Å²) in [6.45, 7) is 1.62. The van der Waals surface area contributed by atoms with Gasteiger partial charge in [0.15, 0.2) is 6.61 Å². The van der Waals surface area contributed by atoms with Gasteiger partial charge in [-0.2, -0.15) is 0 Å². The van der Waals surface area contributed by atoms with Crippen molar-refractivity contribution in [2.24, 2.45) is 0 Å². The molecule has 0 aliphatic rings. The second-order valence-electron chi connectivity index (χ2n) is 6.35.